The molecule has 0 amide bonds. The summed E-state index contributed by atoms with van der Waals surface area (Å²) < 4.78 is 0. The molecule has 1 aromatic heterocycles. The van der Waals surface area contributed by atoms with E-state index in [1.165, 1.54) is 0 Å². The molecule has 0 radical (unpaired) electrons. The van der Waals surface area contributed by atoms with Crippen LogP contribution < -0.4 is 0 Å². The summed E-state index contributed by atoms with van der Waals surface area (Å²) in [5.41, 5.74) is 2.47. The first-order chi connectivity index (χ1) is 11.0. The van der Waals surface area contributed by atoms with E-state index in [1.807, 2.05) is 31.2 Å². The van der Waals surface area contributed by atoms with Crippen LogP contribution in [-0.4, -0.2) is 10.1 Å². The molecule has 0 saturated heterocycles. The monoisotopic (exact) mass is 349 g/mol. The van der Waals surface area contributed by atoms with Crippen molar-refractivity contribution in [2.45, 2.75) is 38.7 Å². The molecule has 0 bridgehead atoms. The van der Waals surface area contributed by atoms with Gasteiger partial charge >= 0.3 is 0 Å². The van der Waals surface area contributed by atoms with Crippen molar-refractivity contribution >= 4 is 29.3 Å². The van der Waals surface area contributed by atoms with E-state index in [-0.39, 0.29) is 5.92 Å². The molecule has 2 unspecified atom stereocenters. The fourth-order valence-electron chi connectivity index (χ4n) is 2.49. The van der Waals surface area contributed by atoms with Gasteiger partial charge in [0.1, 0.15) is 0 Å². The maximum absolute atomic E-state index is 10.8. The number of aliphatic hydroxyl groups is 1. The fraction of sp³-hybridized carbons (Fsp3) is 0.316. The van der Waals surface area contributed by atoms with Crippen LogP contribution >= 0.6 is 23.2 Å². The number of aliphatic hydroxyl groups excluding tert-OH is 1. The second-order valence-corrected chi connectivity index (χ2v) is 6.41. The van der Waals surface area contributed by atoms with E-state index in [0.29, 0.717) is 10.0 Å². The highest BCUT2D eigenvalue weighted by Gasteiger charge is 2.22. The summed E-state index contributed by atoms with van der Waals surface area (Å²) in [5.74, 6) is -0.165. The van der Waals surface area contributed by atoms with Crippen LogP contribution in [0, 0.1) is 0 Å². The quantitative estimate of drug-likeness (QED) is 0.689. The molecule has 122 valence electrons. The Bertz CT molecular complexity index is 685. The molecule has 0 saturated carbocycles. The lowest BCUT2D eigenvalue weighted by Crippen LogP contribution is -2.10. The zero-order valence-electron chi connectivity index (χ0n) is 13.3. The van der Waals surface area contributed by atoms with Crippen LogP contribution in [0.2, 0.25) is 10.0 Å². The normalized spacial score (nSPS) is 14.1. The second-order valence-electron chi connectivity index (χ2n) is 5.57. The highest BCUT2D eigenvalue weighted by molar-refractivity contribution is 6.35. The zero-order valence-corrected chi connectivity index (χ0v) is 14.8. The molecule has 0 aliphatic heterocycles. The van der Waals surface area contributed by atoms with Gasteiger partial charge in [-0.25, -0.2) is 0 Å². The van der Waals surface area contributed by atoms with Crippen LogP contribution in [-0.2, 0) is 0 Å². The number of rotatable bonds is 6. The minimum absolute atomic E-state index is 0.165. The molecule has 1 heterocycles. The first-order valence-electron chi connectivity index (χ1n) is 7.79. The van der Waals surface area contributed by atoms with Gasteiger partial charge in [-0.15, -0.1) is 0 Å². The molecule has 2 nitrogen and oxygen atoms in total. The summed E-state index contributed by atoms with van der Waals surface area (Å²) in [7, 11) is 0. The number of aromatic nitrogens is 1. The molecule has 23 heavy (non-hydrogen) atoms. The fourth-order valence-corrected chi connectivity index (χ4v) is 3.07. The Morgan fingerprint density at radius 2 is 2.00 bits per heavy atom. The first kappa shape index (κ1) is 18.0. The van der Waals surface area contributed by atoms with Crippen molar-refractivity contribution in [3.8, 4) is 0 Å². The van der Waals surface area contributed by atoms with Gasteiger partial charge in [0.2, 0.25) is 0 Å². The van der Waals surface area contributed by atoms with E-state index in [4.69, 9.17) is 23.2 Å². The van der Waals surface area contributed by atoms with Crippen LogP contribution in [0.15, 0.2) is 42.6 Å². The van der Waals surface area contributed by atoms with Crippen molar-refractivity contribution in [3.05, 3.63) is 69.5 Å². The number of nitrogens with zero attached hydrogens (tertiary/aromatic N) is 1. The Morgan fingerprint density at radius 3 is 2.70 bits per heavy atom. The molecule has 2 aromatic rings. The molecule has 0 aliphatic rings. The molecular formula is C19H21Cl2NO. The molecular weight excluding hydrogens is 329 g/mol. The van der Waals surface area contributed by atoms with Gasteiger partial charge in [0.15, 0.2) is 0 Å². The van der Waals surface area contributed by atoms with E-state index < -0.39 is 6.10 Å². The average molecular weight is 350 g/mol. The lowest BCUT2D eigenvalue weighted by Gasteiger charge is -2.22. The summed E-state index contributed by atoms with van der Waals surface area (Å²) in [6.45, 7) is 4.08. The van der Waals surface area contributed by atoms with Crippen LogP contribution in [0.25, 0.3) is 6.08 Å². The lowest BCUT2D eigenvalue weighted by molar-refractivity contribution is 0.151. The van der Waals surface area contributed by atoms with Crippen molar-refractivity contribution in [2.24, 2.45) is 0 Å². The van der Waals surface area contributed by atoms with Crippen LogP contribution in [0.1, 0.15) is 55.5 Å². The molecule has 2 rings (SSSR count). The molecule has 0 spiro atoms. The van der Waals surface area contributed by atoms with E-state index in [0.717, 1.165) is 29.7 Å². The largest absolute Gasteiger partial charge is 0.388 e. The highest BCUT2D eigenvalue weighted by Crippen LogP contribution is 2.36. The standard InChI is InChI=1S/C19H21Cl2NO/c1-3-4-5-8-18-16(7-6-11-22-18)19(23)13(2)15-10-9-14(20)12-17(15)21/h5-13,19,23H,3-4H2,1-2H3/b8-5-. The molecule has 1 aromatic carbocycles. The molecule has 0 fully saturated rings. The van der Waals surface area contributed by atoms with E-state index in [1.54, 1.807) is 18.3 Å². The average Bonchev–Trinajstić information content (AvgIpc) is 2.54. The predicted molar refractivity (Wildman–Crippen MR) is 98.0 cm³/mol. The maximum atomic E-state index is 10.8. The van der Waals surface area contributed by atoms with Crippen molar-refractivity contribution in [1.29, 1.82) is 0 Å². The van der Waals surface area contributed by atoms with E-state index >= 15 is 0 Å². The number of hydrogen-bond donors (Lipinski definition) is 1. The smallest absolute Gasteiger partial charge is 0.0877 e. The first-order valence-corrected chi connectivity index (χ1v) is 8.54. The topological polar surface area (TPSA) is 33.1 Å². The van der Waals surface area contributed by atoms with Gasteiger partial charge < -0.3 is 5.11 Å². The summed E-state index contributed by atoms with van der Waals surface area (Å²) in [6.07, 6.45) is 7.17. The van der Waals surface area contributed by atoms with Gasteiger partial charge in [-0.05, 0) is 36.3 Å². The lowest BCUT2D eigenvalue weighted by atomic mass is 9.90. The maximum Gasteiger partial charge on any atom is 0.0877 e. The Kier molecular flexibility index (Phi) is 6.64. The Labute approximate surface area is 147 Å². The molecule has 4 heteroatoms. The second kappa shape index (κ2) is 8.49. The third-order valence-electron chi connectivity index (χ3n) is 3.85. The number of hydrogen-bond acceptors (Lipinski definition) is 2. The van der Waals surface area contributed by atoms with Gasteiger partial charge in [-0.1, -0.05) is 61.7 Å². The number of unbranched alkanes of at least 4 members (excludes halogenated alkanes) is 1. The van der Waals surface area contributed by atoms with E-state index in [2.05, 4.69) is 18.0 Å². The summed E-state index contributed by atoms with van der Waals surface area (Å²) in [6, 6.07) is 9.10. The molecule has 0 aliphatic carbocycles. The third-order valence-corrected chi connectivity index (χ3v) is 4.41. The number of allylic oxidation sites excluding steroid dienone is 1. The summed E-state index contributed by atoms with van der Waals surface area (Å²) >= 11 is 12.2. The van der Waals surface area contributed by atoms with Crippen molar-refractivity contribution in [1.82, 2.24) is 4.98 Å². The van der Waals surface area contributed by atoms with Crippen LogP contribution in [0.4, 0.5) is 0 Å². The van der Waals surface area contributed by atoms with Gasteiger partial charge in [0, 0.05) is 27.7 Å². The van der Waals surface area contributed by atoms with Crippen molar-refractivity contribution < 1.29 is 5.11 Å². The predicted octanol–water partition coefficient (Wildman–Crippen LogP) is 6.04. The highest BCUT2D eigenvalue weighted by atomic mass is 35.5. The third kappa shape index (κ3) is 4.57. The van der Waals surface area contributed by atoms with Crippen molar-refractivity contribution in [3.63, 3.8) is 0 Å². The minimum Gasteiger partial charge on any atom is -0.388 e. The molecule has 2 atom stereocenters. The van der Waals surface area contributed by atoms with Crippen molar-refractivity contribution in [2.75, 3.05) is 0 Å². The Hall–Kier alpha value is -1.35. The Morgan fingerprint density at radius 1 is 1.22 bits per heavy atom. The number of halogens is 2. The summed E-state index contributed by atoms with van der Waals surface area (Å²) in [4.78, 5) is 4.38. The number of benzene rings is 1. The minimum atomic E-state index is -0.691. The SMILES string of the molecule is CCC/C=C\c1ncccc1C(O)C(C)c1ccc(Cl)cc1Cl. The Balaban J connectivity index is 2.30. The van der Waals surface area contributed by atoms with Gasteiger partial charge in [-0.2, -0.15) is 0 Å². The van der Waals surface area contributed by atoms with Crippen LogP contribution in [0.5, 0.6) is 0 Å². The van der Waals surface area contributed by atoms with Crippen LogP contribution in [0.3, 0.4) is 0 Å². The van der Waals surface area contributed by atoms with Gasteiger partial charge in [0.05, 0.1) is 11.8 Å². The number of pyridine rings is 1. The van der Waals surface area contributed by atoms with Gasteiger partial charge in [0.25, 0.3) is 0 Å². The van der Waals surface area contributed by atoms with E-state index in [9.17, 15) is 5.11 Å². The zero-order chi connectivity index (χ0) is 16.8. The molecule has 1 N–H and O–H groups in total. The summed E-state index contributed by atoms with van der Waals surface area (Å²) in [5, 5.41) is 12.0. The van der Waals surface area contributed by atoms with Gasteiger partial charge in [-0.3, -0.25) is 4.98 Å².